The van der Waals surface area contributed by atoms with Crippen molar-refractivity contribution in [3.05, 3.63) is 11.8 Å². The van der Waals surface area contributed by atoms with Crippen LogP contribution in [0.1, 0.15) is 52.9 Å². The van der Waals surface area contributed by atoms with Crippen molar-refractivity contribution in [1.29, 1.82) is 0 Å². The summed E-state index contributed by atoms with van der Waals surface area (Å²) in [4.78, 5) is 12.6. The molecule has 124 valence electrons. The molecule has 0 saturated heterocycles. The van der Waals surface area contributed by atoms with E-state index in [0.29, 0.717) is 5.92 Å². The van der Waals surface area contributed by atoms with Gasteiger partial charge in [-0.05, 0) is 49.4 Å². The van der Waals surface area contributed by atoms with E-state index in [1.54, 1.807) is 0 Å². The summed E-state index contributed by atoms with van der Waals surface area (Å²) in [5, 5.41) is 0. The van der Waals surface area contributed by atoms with Gasteiger partial charge >= 0.3 is 5.97 Å². The van der Waals surface area contributed by atoms with Crippen LogP contribution in [0.2, 0.25) is 18.1 Å². The topological polar surface area (TPSA) is 35.5 Å². The van der Waals surface area contributed by atoms with Gasteiger partial charge < -0.3 is 9.16 Å². The molecular formula is C18H30O3Si. The Hall–Kier alpha value is -0.773. The van der Waals surface area contributed by atoms with E-state index in [9.17, 15) is 4.79 Å². The van der Waals surface area contributed by atoms with E-state index in [1.165, 1.54) is 25.7 Å². The third-order valence-electron chi connectivity index (χ3n) is 7.07. The van der Waals surface area contributed by atoms with Gasteiger partial charge in [0, 0.05) is 5.41 Å². The molecule has 0 aromatic heterocycles. The van der Waals surface area contributed by atoms with Gasteiger partial charge in [0.1, 0.15) is 0 Å². The van der Waals surface area contributed by atoms with Crippen molar-refractivity contribution in [2.75, 3.05) is 7.11 Å². The predicted molar refractivity (Wildman–Crippen MR) is 89.8 cm³/mol. The number of methoxy groups -OCH3 is 1. The van der Waals surface area contributed by atoms with Gasteiger partial charge in [-0.2, -0.15) is 0 Å². The van der Waals surface area contributed by atoms with E-state index in [0.717, 1.165) is 37.4 Å². The maximum atomic E-state index is 12.6. The van der Waals surface area contributed by atoms with E-state index in [4.69, 9.17) is 9.16 Å². The zero-order valence-corrected chi connectivity index (χ0v) is 15.5. The summed E-state index contributed by atoms with van der Waals surface area (Å²) < 4.78 is 12.0. The Labute approximate surface area is 135 Å². The molecule has 3 nitrogen and oxygen atoms in total. The first kappa shape index (κ1) is 16.1. The lowest BCUT2D eigenvalue weighted by molar-refractivity contribution is -0.148. The van der Waals surface area contributed by atoms with E-state index in [2.05, 4.69) is 26.8 Å². The van der Waals surface area contributed by atoms with Gasteiger partial charge in [0.2, 0.25) is 8.32 Å². The Bertz CT molecular complexity index is 488. The Balaban J connectivity index is 1.91. The van der Waals surface area contributed by atoms with Crippen molar-refractivity contribution < 1.29 is 14.0 Å². The minimum absolute atomic E-state index is 0.00387. The Morgan fingerprint density at radius 1 is 1.27 bits per heavy atom. The number of ether oxygens (including phenoxy) is 1. The molecule has 22 heavy (non-hydrogen) atoms. The fourth-order valence-electron chi connectivity index (χ4n) is 5.53. The zero-order valence-electron chi connectivity index (χ0n) is 14.5. The molecule has 1 spiro atoms. The minimum atomic E-state index is -1.68. The molecule has 4 heteroatoms. The van der Waals surface area contributed by atoms with Crippen LogP contribution in [0, 0.1) is 16.7 Å². The first-order chi connectivity index (χ1) is 10.6. The summed E-state index contributed by atoms with van der Waals surface area (Å²) in [6, 6.07) is 3.47. The van der Waals surface area contributed by atoms with Gasteiger partial charge in [-0.25, -0.2) is 0 Å². The first-order valence-corrected chi connectivity index (χ1v) is 11.6. The number of carbonyl (C=O) groups is 1. The zero-order chi connectivity index (χ0) is 16.0. The average molecular weight is 323 g/mol. The second-order valence-electron chi connectivity index (χ2n) is 7.35. The molecule has 3 aliphatic rings. The Morgan fingerprint density at radius 2 is 1.95 bits per heavy atom. The van der Waals surface area contributed by atoms with Crippen LogP contribution >= 0.6 is 0 Å². The smallest absolute Gasteiger partial charge is 0.313 e. The predicted octanol–water partition coefficient (Wildman–Crippen LogP) is 4.65. The number of hydrogen-bond acceptors (Lipinski definition) is 3. The van der Waals surface area contributed by atoms with Gasteiger partial charge in [-0.3, -0.25) is 4.79 Å². The van der Waals surface area contributed by atoms with Crippen LogP contribution in [0.4, 0.5) is 0 Å². The molecule has 2 fully saturated rings. The van der Waals surface area contributed by atoms with Gasteiger partial charge in [-0.1, -0.05) is 33.6 Å². The Kier molecular flexibility index (Phi) is 3.95. The fourth-order valence-corrected chi connectivity index (χ4v) is 8.19. The second kappa shape index (κ2) is 5.40. The molecule has 0 radical (unpaired) electrons. The molecule has 0 amide bonds. The summed E-state index contributed by atoms with van der Waals surface area (Å²) >= 11 is 0. The lowest BCUT2D eigenvalue weighted by Gasteiger charge is -2.34. The molecule has 0 heterocycles. The summed E-state index contributed by atoms with van der Waals surface area (Å²) in [5.41, 5.74) is -0.279. The van der Waals surface area contributed by atoms with Crippen molar-refractivity contribution in [3.63, 3.8) is 0 Å². The molecule has 3 rings (SSSR count). The van der Waals surface area contributed by atoms with Gasteiger partial charge in [-0.15, -0.1) is 0 Å². The minimum Gasteiger partial charge on any atom is -0.546 e. The quantitative estimate of drug-likeness (QED) is 0.527. The molecule has 0 N–H and O–H groups in total. The number of hydrogen-bond donors (Lipinski definition) is 0. The summed E-state index contributed by atoms with van der Waals surface area (Å²) in [5.74, 6) is 1.66. The fraction of sp³-hybridized carbons (Fsp3) is 0.833. The number of allylic oxidation sites excluding steroid dienone is 2. The summed E-state index contributed by atoms with van der Waals surface area (Å²) in [6.45, 7) is 6.81. The lowest BCUT2D eigenvalue weighted by atomic mass is 9.86. The maximum Gasteiger partial charge on any atom is 0.313 e. The van der Waals surface area contributed by atoms with Crippen LogP contribution in [-0.2, 0) is 14.0 Å². The van der Waals surface area contributed by atoms with Crippen LogP contribution < -0.4 is 0 Å². The van der Waals surface area contributed by atoms with Crippen LogP contribution in [0.15, 0.2) is 11.8 Å². The van der Waals surface area contributed by atoms with Crippen molar-refractivity contribution in [3.8, 4) is 0 Å². The average Bonchev–Trinajstić information content (AvgIpc) is 3.08. The van der Waals surface area contributed by atoms with Crippen LogP contribution in [0.5, 0.6) is 0 Å². The third-order valence-corrected chi connectivity index (χ3v) is 11.6. The lowest BCUT2D eigenvalue weighted by Crippen LogP contribution is -2.37. The highest BCUT2D eigenvalue weighted by molar-refractivity contribution is 6.73. The molecular weight excluding hydrogens is 292 g/mol. The first-order valence-electron chi connectivity index (χ1n) is 9.05. The van der Waals surface area contributed by atoms with Crippen molar-refractivity contribution in [2.45, 2.75) is 71.0 Å². The Morgan fingerprint density at radius 3 is 2.55 bits per heavy atom. The van der Waals surface area contributed by atoms with Crippen molar-refractivity contribution in [1.82, 2.24) is 0 Å². The highest BCUT2D eigenvalue weighted by Gasteiger charge is 2.84. The van der Waals surface area contributed by atoms with E-state index >= 15 is 0 Å². The molecule has 2 saturated carbocycles. The summed E-state index contributed by atoms with van der Waals surface area (Å²) in [6.07, 6.45) is 7.81. The molecule has 0 aliphatic heterocycles. The summed E-state index contributed by atoms with van der Waals surface area (Å²) in [7, 11) is -0.139. The standard InChI is InChI=1S/C18H30O3Si/c1-5-22(6-2,7-3)21-15-11-13-18(16(19)20-4)14-10-8-9-12-17(14,15)18/h11,14H,5-10,12-13H2,1-4H3. The largest absolute Gasteiger partial charge is 0.546 e. The molecule has 0 aromatic carbocycles. The van der Waals surface area contributed by atoms with Crippen LogP contribution in [-0.4, -0.2) is 21.4 Å². The SMILES string of the molecule is CC[Si](CC)(CC)OC1=CCC2(C(=O)OC)C3CCCCC132. The maximum absolute atomic E-state index is 12.6. The van der Waals surface area contributed by atoms with Gasteiger partial charge in [0.25, 0.3) is 0 Å². The molecule has 3 unspecified atom stereocenters. The van der Waals surface area contributed by atoms with Crippen LogP contribution in [0.3, 0.4) is 0 Å². The van der Waals surface area contributed by atoms with E-state index in [1.807, 2.05) is 0 Å². The number of esters is 1. The molecule has 0 bridgehead atoms. The number of fused-ring (bicyclic) bond motifs is 1. The van der Waals surface area contributed by atoms with Crippen molar-refractivity contribution in [2.24, 2.45) is 16.7 Å². The van der Waals surface area contributed by atoms with E-state index < -0.39 is 8.32 Å². The number of rotatable bonds is 6. The van der Waals surface area contributed by atoms with Crippen LogP contribution in [0.25, 0.3) is 0 Å². The van der Waals surface area contributed by atoms with Crippen molar-refractivity contribution >= 4 is 14.3 Å². The third kappa shape index (κ3) is 1.76. The monoisotopic (exact) mass is 322 g/mol. The van der Waals surface area contributed by atoms with E-state index in [-0.39, 0.29) is 16.8 Å². The molecule has 0 aromatic rings. The number of carbonyl (C=O) groups excluding carboxylic acids is 1. The molecule has 3 atom stereocenters. The highest BCUT2D eigenvalue weighted by atomic mass is 28.4. The molecule has 3 aliphatic carbocycles. The normalized spacial score (nSPS) is 36.2. The van der Waals surface area contributed by atoms with Gasteiger partial charge in [0.05, 0.1) is 18.3 Å². The van der Waals surface area contributed by atoms with Gasteiger partial charge in [0.15, 0.2) is 0 Å². The second-order valence-corrected chi connectivity index (χ2v) is 12.0. The highest BCUT2D eigenvalue weighted by Crippen LogP contribution is 2.83.